The van der Waals surface area contributed by atoms with E-state index >= 15 is 0 Å². The largest absolute Gasteiger partial charge is 0.383 e. The fourth-order valence-corrected chi connectivity index (χ4v) is 2.85. The number of nitrogens with one attached hydrogen (secondary N) is 1. The lowest BCUT2D eigenvalue weighted by Crippen LogP contribution is -2.45. The summed E-state index contributed by atoms with van der Waals surface area (Å²) in [5.41, 5.74) is 0. The number of amides is 1. The van der Waals surface area contributed by atoms with Gasteiger partial charge in [0, 0.05) is 37.7 Å². The first-order chi connectivity index (χ1) is 7.77. The summed E-state index contributed by atoms with van der Waals surface area (Å²) in [6.07, 6.45) is 1.14. The molecule has 1 unspecified atom stereocenters. The van der Waals surface area contributed by atoms with Gasteiger partial charge in [0.15, 0.2) is 0 Å². The van der Waals surface area contributed by atoms with Gasteiger partial charge in [0.1, 0.15) is 0 Å². The highest BCUT2D eigenvalue weighted by atomic mass is 32.2. The van der Waals surface area contributed by atoms with E-state index in [4.69, 9.17) is 4.74 Å². The number of thioether (sulfide) groups is 1. The monoisotopic (exact) mass is 246 g/mol. The van der Waals surface area contributed by atoms with Gasteiger partial charge in [-0.1, -0.05) is 6.92 Å². The Balaban J connectivity index is 2.19. The van der Waals surface area contributed by atoms with Gasteiger partial charge in [0.25, 0.3) is 0 Å². The Labute approximate surface area is 102 Å². The number of rotatable bonds is 6. The molecule has 4 nitrogen and oxygen atoms in total. The zero-order chi connectivity index (χ0) is 11.8. The van der Waals surface area contributed by atoms with E-state index in [0.717, 1.165) is 31.8 Å². The maximum absolute atomic E-state index is 11.8. The molecule has 1 heterocycles. The van der Waals surface area contributed by atoms with Crippen molar-refractivity contribution in [1.29, 1.82) is 0 Å². The van der Waals surface area contributed by atoms with Gasteiger partial charge < -0.3 is 15.0 Å². The minimum absolute atomic E-state index is 0.217. The summed E-state index contributed by atoms with van der Waals surface area (Å²) in [6.45, 7) is 5.81. The number of methoxy groups -OCH3 is 1. The van der Waals surface area contributed by atoms with Gasteiger partial charge in [0.2, 0.25) is 5.91 Å². The summed E-state index contributed by atoms with van der Waals surface area (Å²) in [5, 5.41) is 3.72. The van der Waals surface area contributed by atoms with Crippen LogP contribution in [0.1, 0.15) is 13.3 Å². The van der Waals surface area contributed by atoms with E-state index in [2.05, 4.69) is 12.2 Å². The molecule has 0 aromatic heterocycles. The van der Waals surface area contributed by atoms with Crippen LogP contribution in [0.25, 0.3) is 0 Å². The second-order valence-corrected chi connectivity index (χ2v) is 5.32. The molecule has 0 aromatic carbocycles. The third kappa shape index (κ3) is 4.72. The number of carbonyl (C=O) groups is 1. The van der Waals surface area contributed by atoms with Gasteiger partial charge in [-0.15, -0.1) is 0 Å². The van der Waals surface area contributed by atoms with Gasteiger partial charge in [0.05, 0.1) is 13.2 Å². The van der Waals surface area contributed by atoms with Crippen LogP contribution in [0, 0.1) is 0 Å². The first-order valence-corrected chi connectivity index (χ1v) is 6.91. The zero-order valence-electron chi connectivity index (χ0n) is 10.2. The van der Waals surface area contributed by atoms with Crippen molar-refractivity contribution in [2.45, 2.75) is 18.6 Å². The number of carbonyl (C=O) groups excluding carboxylic acids is 1. The molecule has 0 aromatic rings. The highest BCUT2D eigenvalue weighted by molar-refractivity contribution is 8.00. The average Bonchev–Trinajstić information content (AvgIpc) is 2.34. The van der Waals surface area contributed by atoms with Gasteiger partial charge in [-0.3, -0.25) is 4.79 Å². The molecule has 0 radical (unpaired) electrons. The summed E-state index contributed by atoms with van der Waals surface area (Å²) in [7, 11) is 1.66. The Kier molecular flexibility index (Phi) is 6.84. The molecule has 0 bridgehead atoms. The zero-order valence-corrected chi connectivity index (χ0v) is 11.0. The lowest BCUT2D eigenvalue weighted by atomic mass is 10.3. The Morgan fingerprint density at radius 2 is 2.44 bits per heavy atom. The van der Waals surface area contributed by atoms with Crippen molar-refractivity contribution in [3.05, 3.63) is 0 Å². The van der Waals surface area contributed by atoms with E-state index in [9.17, 15) is 4.79 Å². The molecule has 0 saturated carbocycles. The van der Waals surface area contributed by atoms with E-state index < -0.39 is 0 Å². The van der Waals surface area contributed by atoms with Gasteiger partial charge in [-0.25, -0.2) is 0 Å². The molecule has 1 atom stereocenters. The Bertz CT molecular complexity index is 214. The van der Waals surface area contributed by atoms with Crippen LogP contribution in [-0.4, -0.2) is 61.7 Å². The summed E-state index contributed by atoms with van der Waals surface area (Å²) in [6, 6.07) is 0. The maximum atomic E-state index is 11.8. The SMILES string of the molecule is CCC1CN(C(=O)CNCCOC)CCS1. The number of ether oxygens (including phenoxy) is 1. The Morgan fingerprint density at radius 1 is 1.62 bits per heavy atom. The smallest absolute Gasteiger partial charge is 0.236 e. The van der Waals surface area contributed by atoms with Crippen molar-refractivity contribution in [2.75, 3.05) is 45.6 Å². The van der Waals surface area contributed by atoms with E-state index in [1.54, 1.807) is 7.11 Å². The van der Waals surface area contributed by atoms with E-state index in [-0.39, 0.29) is 5.91 Å². The number of nitrogens with zero attached hydrogens (tertiary/aromatic N) is 1. The fraction of sp³-hybridized carbons (Fsp3) is 0.909. The average molecular weight is 246 g/mol. The lowest BCUT2D eigenvalue weighted by Gasteiger charge is -2.32. The quantitative estimate of drug-likeness (QED) is 0.696. The molecule has 16 heavy (non-hydrogen) atoms. The Hall–Kier alpha value is -0.260. The second kappa shape index (κ2) is 7.92. The third-order valence-electron chi connectivity index (χ3n) is 2.71. The minimum atomic E-state index is 0.217. The standard InChI is InChI=1S/C11H22N2O2S/c1-3-10-9-13(5-7-16-10)11(14)8-12-4-6-15-2/h10,12H,3-9H2,1-2H3. The molecule has 1 aliphatic heterocycles. The van der Waals surface area contributed by atoms with Crippen molar-refractivity contribution < 1.29 is 9.53 Å². The summed E-state index contributed by atoms with van der Waals surface area (Å²) < 4.78 is 4.91. The van der Waals surface area contributed by atoms with Crippen LogP contribution in [0.4, 0.5) is 0 Å². The molecule has 0 aliphatic carbocycles. The van der Waals surface area contributed by atoms with Crippen LogP contribution in [0.3, 0.4) is 0 Å². The summed E-state index contributed by atoms with van der Waals surface area (Å²) >= 11 is 1.98. The van der Waals surface area contributed by atoms with Crippen LogP contribution >= 0.6 is 11.8 Å². The van der Waals surface area contributed by atoms with Crippen LogP contribution < -0.4 is 5.32 Å². The number of hydrogen-bond donors (Lipinski definition) is 1. The van der Waals surface area contributed by atoms with Crippen LogP contribution in [0.2, 0.25) is 0 Å². The molecule has 1 saturated heterocycles. The molecule has 1 amide bonds. The Morgan fingerprint density at radius 3 is 3.12 bits per heavy atom. The predicted octanol–water partition coefficient (Wildman–Crippen LogP) is 0.576. The fourth-order valence-electron chi connectivity index (χ4n) is 1.67. The highest BCUT2D eigenvalue weighted by Crippen LogP contribution is 2.20. The molecular weight excluding hydrogens is 224 g/mol. The maximum Gasteiger partial charge on any atom is 0.236 e. The third-order valence-corrected chi connectivity index (χ3v) is 4.08. The number of hydrogen-bond acceptors (Lipinski definition) is 4. The molecule has 5 heteroatoms. The topological polar surface area (TPSA) is 41.6 Å². The van der Waals surface area contributed by atoms with Crippen molar-refractivity contribution in [2.24, 2.45) is 0 Å². The second-order valence-electron chi connectivity index (χ2n) is 3.91. The van der Waals surface area contributed by atoms with Gasteiger partial charge in [-0.2, -0.15) is 11.8 Å². The normalized spacial score (nSPS) is 21.1. The minimum Gasteiger partial charge on any atom is -0.383 e. The van der Waals surface area contributed by atoms with E-state index in [0.29, 0.717) is 18.4 Å². The van der Waals surface area contributed by atoms with Gasteiger partial charge in [-0.05, 0) is 6.42 Å². The molecule has 94 valence electrons. The van der Waals surface area contributed by atoms with Crippen LogP contribution in [-0.2, 0) is 9.53 Å². The van der Waals surface area contributed by atoms with Gasteiger partial charge >= 0.3 is 0 Å². The summed E-state index contributed by atoms with van der Waals surface area (Å²) in [4.78, 5) is 13.8. The molecule has 1 aliphatic rings. The molecule has 0 spiro atoms. The molecule has 1 N–H and O–H groups in total. The van der Waals surface area contributed by atoms with Crippen LogP contribution in [0.15, 0.2) is 0 Å². The lowest BCUT2D eigenvalue weighted by molar-refractivity contribution is -0.130. The molecule has 1 rings (SSSR count). The molecular formula is C11H22N2O2S. The van der Waals surface area contributed by atoms with Crippen molar-refractivity contribution in [3.63, 3.8) is 0 Å². The van der Waals surface area contributed by atoms with E-state index in [1.165, 1.54) is 0 Å². The summed E-state index contributed by atoms with van der Waals surface area (Å²) in [5.74, 6) is 1.29. The first-order valence-electron chi connectivity index (χ1n) is 5.87. The van der Waals surface area contributed by atoms with Crippen molar-refractivity contribution in [1.82, 2.24) is 10.2 Å². The van der Waals surface area contributed by atoms with Crippen molar-refractivity contribution in [3.8, 4) is 0 Å². The van der Waals surface area contributed by atoms with Crippen molar-refractivity contribution >= 4 is 17.7 Å². The highest BCUT2D eigenvalue weighted by Gasteiger charge is 2.22. The molecule has 1 fully saturated rings. The first kappa shape index (κ1) is 13.8. The van der Waals surface area contributed by atoms with E-state index in [1.807, 2.05) is 16.7 Å². The predicted molar refractivity (Wildman–Crippen MR) is 67.9 cm³/mol. The van der Waals surface area contributed by atoms with Crippen LogP contribution in [0.5, 0.6) is 0 Å².